The molecule has 0 fully saturated rings. The van der Waals surface area contributed by atoms with Gasteiger partial charge in [-0.15, -0.1) is 0 Å². The minimum Gasteiger partial charge on any atom is -0.508 e. The molecule has 0 aromatic heterocycles. The van der Waals surface area contributed by atoms with E-state index in [4.69, 9.17) is 14.2 Å². The van der Waals surface area contributed by atoms with E-state index in [1.54, 1.807) is 0 Å². The van der Waals surface area contributed by atoms with Crippen molar-refractivity contribution in [3.05, 3.63) is 35.9 Å². The molecule has 0 amide bonds. The summed E-state index contributed by atoms with van der Waals surface area (Å²) in [7, 11) is -2.79. The molecule has 0 unspecified atom stereocenters. The van der Waals surface area contributed by atoms with Crippen molar-refractivity contribution in [1.29, 1.82) is 0 Å². The Morgan fingerprint density at radius 3 is 2.58 bits per heavy atom. The Hall–Kier alpha value is -3.14. The second-order valence-corrected chi connectivity index (χ2v) is 7.01. The summed E-state index contributed by atoms with van der Waals surface area (Å²) in [5, 5.41) is 19.0. The van der Waals surface area contributed by atoms with Crippen LogP contribution in [0.25, 0.3) is 0 Å². The highest BCUT2D eigenvalue weighted by atomic mass is 32.2. The highest BCUT2D eigenvalue weighted by Crippen LogP contribution is 2.37. The maximum atomic E-state index is 12.7. The second kappa shape index (κ2) is 6.64. The van der Waals surface area contributed by atoms with Gasteiger partial charge >= 0.3 is 5.97 Å². The van der Waals surface area contributed by atoms with Crippen LogP contribution in [0, 0.1) is 0 Å². The van der Waals surface area contributed by atoms with Crippen molar-refractivity contribution in [3.63, 3.8) is 0 Å². The summed E-state index contributed by atoms with van der Waals surface area (Å²) >= 11 is 0. The van der Waals surface area contributed by atoms with Crippen molar-refractivity contribution in [2.75, 3.05) is 25.0 Å². The molecule has 0 saturated heterocycles. The van der Waals surface area contributed by atoms with Crippen LogP contribution in [-0.4, -0.2) is 44.9 Å². The largest absolute Gasteiger partial charge is 0.508 e. The van der Waals surface area contributed by atoms with Crippen LogP contribution < -0.4 is 18.9 Å². The zero-order valence-electron chi connectivity index (χ0n) is 13.6. The van der Waals surface area contributed by atoms with Gasteiger partial charge in [0, 0.05) is 24.3 Å². The number of aromatic hydroxyl groups is 1. The summed E-state index contributed by atoms with van der Waals surface area (Å²) in [5.74, 6) is -1.28. The van der Waals surface area contributed by atoms with Crippen LogP contribution >= 0.6 is 0 Å². The molecule has 138 valence electrons. The lowest BCUT2D eigenvalue weighted by Gasteiger charge is -2.21. The highest BCUT2D eigenvalue weighted by molar-refractivity contribution is 7.92. The number of anilines is 1. The van der Waals surface area contributed by atoms with Crippen LogP contribution in [0.1, 0.15) is 10.4 Å². The van der Waals surface area contributed by atoms with Gasteiger partial charge < -0.3 is 24.4 Å². The molecular weight excluding hydrogens is 366 g/mol. The van der Waals surface area contributed by atoms with Crippen molar-refractivity contribution in [3.8, 4) is 23.0 Å². The normalized spacial score (nSPS) is 13.1. The zero-order chi connectivity index (χ0) is 18.9. The summed E-state index contributed by atoms with van der Waals surface area (Å²) in [5.41, 5.74) is -0.273. The molecule has 3 rings (SSSR count). The smallest absolute Gasteiger partial charge is 0.339 e. The lowest BCUT2D eigenvalue weighted by Crippen LogP contribution is -2.20. The third-order valence-electron chi connectivity index (χ3n) is 3.54. The molecule has 1 heterocycles. The average Bonchev–Trinajstić information content (AvgIpc) is 2.59. The molecule has 1 aliphatic rings. The van der Waals surface area contributed by atoms with Crippen molar-refractivity contribution >= 4 is 21.7 Å². The quantitative estimate of drug-likeness (QED) is 0.713. The molecule has 2 aromatic rings. The van der Waals surface area contributed by atoms with Crippen LogP contribution in [0.4, 0.5) is 5.69 Å². The monoisotopic (exact) mass is 381 g/mol. The molecule has 0 aliphatic carbocycles. The van der Waals surface area contributed by atoms with Crippen LogP contribution in [0.5, 0.6) is 23.0 Å². The summed E-state index contributed by atoms with van der Waals surface area (Å²) in [6.45, 7) is 0.341. The molecule has 10 heteroatoms. The van der Waals surface area contributed by atoms with Crippen molar-refractivity contribution in [1.82, 2.24) is 0 Å². The molecule has 0 saturated carbocycles. The van der Waals surface area contributed by atoms with E-state index in [1.807, 2.05) is 0 Å². The number of phenolic OH excluding ortho intramolecular Hbond substituents is 1. The Morgan fingerprint density at radius 2 is 1.88 bits per heavy atom. The first-order valence-electron chi connectivity index (χ1n) is 7.38. The van der Waals surface area contributed by atoms with Crippen molar-refractivity contribution in [2.45, 2.75) is 4.90 Å². The number of methoxy groups -OCH3 is 1. The van der Waals surface area contributed by atoms with E-state index in [2.05, 4.69) is 4.72 Å². The average molecular weight is 381 g/mol. The summed E-state index contributed by atoms with van der Waals surface area (Å²) in [6.07, 6.45) is 0. The maximum Gasteiger partial charge on any atom is 0.339 e. The van der Waals surface area contributed by atoms with Gasteiger partial charge in [-0.1, -0.05) is 0 Å². The number of carboxylic acids is 1. The second-order valence-electron chi connectivity index (χ2n) is 5.33. The first kappa shape index (κ1) is 17.7. The maximum absolute atomic E-state index is 12.7. The number of aromatic carboxylic acids is 1. The summed E-state index contributed by atoms with van der Waals surface area (Å²) in [4.78, 5) is 11.1. The lowest BCUT2D eigenvalue weighted by atomic mass is 10.2. The number of hydrogen-bond donors (Lipinski definition) is 3. The number of benzene rings is 2. The first-order chi connectivity index (χ1) is 12.3. The van der Waals surface area contributed by atoms with Crippen molar-refractivity contribution < 1.29 is 37.6 Å². The summed E-state index contributed by atoms with van der Waals surface area (Å²) < 4.78 is 43.1. The van der Waals surface area contributed by atoms with Gasteiger partial charge in [0.1, 0.15) is 30.3 Å². The number of hydrogen-bond acceptors (Lipinski definition) is 7. The fraction of sp³-hybridized carbons (Fsp3) is 0.188. The number of phenols is 1. The molecular formula is C16H15NO8S. The van der Waals surface area contributed by atoms with E-state index in [9.17, 15) is 23.4 Å². The summed E-state index contributed by atoms with van der Waals surface area (Å²) in [6, 6.07) is 6.04. The highest BCUT2D eigenvalue weighted by Gasteiger charge is 2.26. The van der Waals surface area contributed by atoms with Crippen LogP contribution in [0.3, 0.4) is 0 Å². The Morgan fingerprint density at radius 1 is 1.15 bits per heavy atom. The number of fused-ring (bicyclic) bond motifs is 1. The predicted molar refractivity (Wildman–Crippen MR) is 89.9 cm³/mol. The molecule has 0 atom stereocenters. The molecule has 2 aromatic carbocycles. The SMILES string of the molecule is COc1cc(O)cc(NS(=O)(=O)c2cc3c(c(C(=O)O)c2)OCCO3)c1. The lowest BCUT2D eigenvalue weighted by molar-refractivity contribution is 0.0685. The topological polar surface area (TPSA) is 131 Å². The van der Waals surface area contributed by atoms with Crippen LogP contribution in [-0.2, 0) is 10.0 Å². The van der Waals surface area contributed by atoms with E-state index >= 15 is 0 Å². The minimum atomic E-state index is -4.16. The Kier molecular flexibility index (Phi) is 4.51. The van der Waals surface area contributed by atoms with Gasteiger partial charge in [-0.05, 0) is 6.07 Å². The first-order valence-corrected chi connectivity index (χ1v) is 8.86. The number of rotatable bonds is 5. The molecule has 1 aliphatic heterocycles. The minimum absolute atomic E-state index is 0.0123. The number of carboxylic acid groups (broad SMARTS) is 1. The zero-order valence-corrected chi connectivity index (χ0v) is 14.4. The standard InChI is InChI=1S/C16H15NO8S/c1-23-11-5-9(4-10(18)6-11)17-26(21,22)12-7-13(16(19)20)15-14(8-12)24-2-3-25-15/h4-8,17-18H,2-3H2,1H3,(H,19,20). The Bertz CT molecular complexity index is 970. The van der Waals surface area contributed by atoms with Gasteiger partial charge in [0.05, 0.1) is 17.7 Å². The number of nitrogens with one attached hydrogen (secondary N) is 1. The Labute approximate surface area is 148 Å². The van der Waals surface area contributed by atoms with Crippen molar-refractivity contribution in [2.24, 2.45) is 0 Å². The van der Waals surface area contributed by atoms with Gasteiger partial charge in [-0.2, -0.15) is 0 Å². The molecule has 0 spiro atoms. The molecule has 3 N–H and O–H groups in total. The number of sulfonamides is 1. The third kappa shape index (κ3) is 3.45. The van der Waals surface area contributed by atoms with E-state index in [0.29, 0.717) is 0 Å². The van der Waals surface area contributed by atoms with Gasteiger partial charge in [0.25, 0.3) is 10.0 Å². The molecule has 26 heavy (non-hydrogen) atoms. The third-order valence-corrected chi connectivity index (χ3v) is 4.90. The fourth-order valence-electron chi connectivity index (χ4n) is 2.42. The van der Waals surface area contributed by atoms with Gasteiger partial charge in [-0.3, -0.25) is 4.72 Å². The van der Waals surface area contributed by atoms with Gasteiger partial charge in [-0.25, -0.2) is 13.2 Å². The number of carbonyl (C=O) groups is 1. The predicted octanol–water partition coefficient (Wildman–Crippen LogP) is 1.67. The molecule has 9 nitrogen and oxygen atoms in total. The van der Waals surface area contributed by atoms with E-state index < -0.39 is 16.0 Å². The number of ether oxygens (including phenoxy) is 3. The van der Waals surface area contributed by atoms with E-state index in [0.717, 1.165) is 6.07 Å². The van der Waals surface area contributed by atoms with E-state index in [1.165, 1.54) is 31.4 Å². The van der Waals surface area contributed by atoms with Gasteiger partial charge in [0.2, 0.25) is 0 Å². The fourth-order valence-corrected chi connectivity index (χ4v) is 3.50. The van der Waals surface area contributed by atoms with Gasteiger partial charge in [0.15, 0.2) is 11.5 Å². The van der Waals surface area contributed by atoms with Crippen LogP contribution in [0.2, 0.25) is 0 Å². The molecule has 0 bridgehead atoms. The van der Waals surface area contributed by atoms with Crippen LogP contribution in [0.15, 0.2) is 35.2 Å². The van der Waals surface area contributed by atoms with E-state index in [-0.39, 0.29) is 52.4 Å². The molecule has 0 radical (unpaired) electrons. The Balaban J connectivity index is 2.03.